The Morgan fingerprint density at radius 2 is 1.86 bits per heavy atom. The van der Waals surface area contributed by atoms with Gasteiger partial charge in [0.25, 0.3) is 17.5 Å². The SMILES string of the molecule is O=C(COc1ccc(Cl)cc1)NCC(=O)NN=Cc1ccc(Cl)c([N+](=O)[O-])c1. The summed E-state index contributed by atoms with van der Waals surface area (Å²) in [4.78, 5) is 33.5. The molecule has 2 amide bonds. The molecule has 28 heavy (non-hydrogen) atoms. The second kappa shape index (κ2) is 10.2. The predicted octanol–water partition coefficient (Wildman–Crippen LogP) is 2.55. The first-order chi connectivity index (χ1) is 13.3. The monoisotopic (exact) mass is 424 g/mol. The fourth-order valence-electron chi connectivity index (χ4n) is 1.88. The average Bonchev–Trinajstić information content (AvgIpc) is 2.67. The number of carbonyl (C=O) groups excluding carboxylic acids is 2. The zero-order valence-corrected chi connectivity index (χ0v) is 15.7. The van der Waals surface area contributed by atoms with Crippen LogP contribution in [0.25, 0.3) is 0 Å². The highest BCUT2D eigenvalue weighted by atomic mass is 35.5. The molecule has 2 aromatic rings. The van der Waals surface area contributed by atoms with Gasteiger partial charge in [0, 0.05) is 16.7 Å². The number of benzene rings is 2. The first kappa shape index (κ1) is 21.1. The van der Waals surface area contributed by atoms with E-state index in [-0.39, 0.29) is 23.9 Å². The first-order valence-corrected chi connectivity index (χ1v) is 8.51. The van der Waals surface area contributed by atoms with Crippen LogP contribution >= 0.6 is 23.2 Å². The van der Waals surface area contributed by atoms with E-state index < -0.39 is 16.7 Å². The summed E-state index contributed by atoms with van der Waals surface area (Å²) in [5, 5.41) is 17.4. The van der Waals surface area contributed by atoms with E-state index >= 15 is 0 Å². The lowest BCUT2D eigenvalue weighted by molar-refractivity contribution is -0.384. The molecule has 0 fully saturated rings. The molecule has 0 aliphatic rings. The van der Waals surface area contributed by atoms with Gasteiger partial charge in [-0.2, -0.15) is 5.10 Å². The minimum absolute atomic E-state index is 0.00489. The molecule has 146 valence electrons. The summed E-state index contributed by atoms with van der Waals surface area (Å²) in [6, 6.07) is 10.5. The Hall–Kier alpha value is -3.17. The molecule has 2 rings (SSSR count). The van der Waals surface area contributed by atoms with E-state index in [4.69, 9.17) is 27.9 Å². The fraction of sp³-hybridized carbons (Fsp3) is 0.118. The summed E-state index contributed by atoms with van der Waals surface area (Å²) in [6.45, 7) is -0.590. The Bertz CT molecular complexity index is 903. The number of nitrogens with zero attached hydrogens (tertiary/aromatic N) is 2. The Labute approximate surface area is 169 Å². The van der Waals surface area contributed by atoms with Gasteiger partial charge >= 0.3 is 0 Å². The molecule has 0 aliphatic carbocycles. The molecule has 0 radical (unpaired) electrons. The molecule has 0 heterocycles. The van der Waals surface area contributed by atoms with E-state index in [0.717, 1.165) is 0 Å². The van der Waals surface area contributed by atoms with Crippen LogP contribution in [0.15, 0.2) is 47.6 Å². The molecule has 2 aromatic carbocycles. The maximum atomic E-state index is 11.7. The molecule has 0 bridgehead atoms. The zero-order valence-electron chi connectivity index (χ0n) is 14.2. The smallest absolute Gasteiger partial charge is 0.288 e. The standard InChI is InChI=1S/C17H14Cl2N4O5/c18-12-2-4-13(5-3-12)28-10-17(25)20-9-16(24)22-21-8-11-1-6-14(19)15(7-11)23(26)27/h1-8H,9-10H2,(H,20,25)(H,22,24). The summed E-state index contributed by atoms with van der Waals surface area (Å²) in [7, 11) is 0. The molecule has 0 aromatic heterocycles. The highest BCUT2D eigenvalue weighted by molar-refractivity contribution is 6.32. The van der Waals surface area contributed by atoms with Gasteiger partial charge in [-0.05, 0) is 30.3 Å². The van der Waals surface area contributed by atoms with E-state index in [9.17, 15) is 19.7 Å². The first-order valence-electron chi connectivity index (χ1n) is 7.76. The van der Waals surface area contributed by atoms with Crippen molar-refractivity contribution >= 4 is 46.9 Å². The third-order valence-corrected chi connectivity index (χ3v) is 3.77. The van der Waals surface area contributed by atoms with Crippen molar-refractivity contribution in [3.05, 3.63) is 68.2 Å². The summed E-state index contributed by atoms with van der Waals surface area (Å²) in [5.74, 6) is -0.618. The molecule has 0 saturated heterocycles. The number of nitro groups is 1. The van der Waals surface area contributed by atoms with Crippen LogP contribution in [0.2, 0.25) is 10.0 Å². The van der Waals surface area contributed by atoms with Crippen LogP contribution in [-0.4, -0.2) is 36.1 Å². The van der Waals surface area contributed by atoms with Crippen molar-refractivity contribution in [1.82, 2.24) is 10.7 Å². The van der Waals surface area contributed by atoms with Crippen molar-refractivity contribution in [2.24, 2.45) is 5.10 Å². The van der Waals surface area contributed by atoms with Crippen molar-refractivity contribution in [3.8, 4) is 5.75 Å². The summed E-state index contributed by atoms with van der Waals surface area (Å²) in [5.41, 5.74) is 2.29. The van der Waals surface area contributed by atoms with Crippen LogP contribution < -0.4 is 15.5 Å². The van der Waals surface area contributed by atoms with Gasteiger partial charge in [0.2, 0.25) is 0 Å². The average molecular weight is 425 g/mol. The number of hydrazone groups is 1. The van der Waals surface area contributed by atoms with Gasteiger partial charge in [0.1, 0.15) is 10.8 Å². The lowest BCUT2D eigenvalue weighted by Gasteiger charge is -2.07. The van der Waals surface area contributed by atoms with Crippen LogP contribution in [0.5, 0.6) is 5.75 Å². The Morgan fingerprint density at radius 1 is 1.14 bits per heavy atom. The molecule has 0 saturated carbocycles. The van der Waals surface area contributed by atoms with Gasteiger partial charge in [0.05, 0.1) is 17.7 Å². The molecule has 2 N–H and O–H groups in total. The van der Waals surface area contributed by atoms with Gasteiger partial charge in [-0.25, -0.2) is 5.43 Å². The van der Waals surface area contributed by atoms with Crippen molar-refractivity contribution in [2.75, 3.05) is 13.2 Å². The van der Waals surface area contributed by atoms with E-state index in [0.29, 0.717) is 16.3 Å². The minimum atomic E-state index is -0.625. The number of ether oxygens (including phenoxy) is 1. The Balaban J connectivity index is 1.74. The quantitative estimate of drug-likeness (QED) is 0.382. The van der Waals surface area contributed by atoms with Gasteiger partial charge in [-0.3, -0.25) is 19.7 Å². The third-order valence-electron chi connectivity index (χ3n) is 3.20. The lowest BCUT2D eigenvalue weighted by Crippen LogP contribution is -2.37. The minimum Gasteiger partial charge on any atom is -0.484 e. The molecular weight excluding hydrogens is 411 g/mol. The number of rotatable bonds is 8. The number of amides is 2. The highest BCUT2D eigenvalue weighted by Crippen LogP contribution is 2.24. The Kier molecular flexibility index (Phi) is 7.73. The van der Waals surface area contributed by atoms with E-state index in [1.165, 1.54) is 24.4 Å². The maximum absolute atomic E-state index is 11.7. The van der Waals surface area contributed by atoms with E-state index in [1.54, 1.807) is 24.3 Å². The normalized spacial score (nSPS) is 10.5. The van der Waals surface area contributed by atoms with Crippen molar-refractivity contribution < 1.29 is 19.2 Å². The highest BCUT2D eigenvalue weighted by Gasteiger charge is 2.12. The molecule has 0 spiro atoms. The van der Waals surface area contributed by atoms with Crippen LogP contribution in [0.4, 0.5) is 5.69 Å². The van der Waals surface area contributed by atoms with Crippen molar-refractivity contribution in [2.45, 2.75) is 0 Å². The molecule has 0 unspecified atom stereocenters. The van der Waals surface area contributed by atoms with Gasteiger partial charge in [-0.1, -0.05) is 29.3 Å². The van der Waals surface area contributed by atoms with E-state index in [2.05, 4.69) is 15.8 Å². The van der Waals surface area contributed by atoms with Gasteiger partial charge < -0.3 is 10.1 Å². The van der Waals surface area contributed by atoms with Gasteiger partial charge in [0.15, 0.2) is 6.61 Å². The van der Waals surface area contributed by atoms with Crippen LogP contribution in [-0.2, 0) is 9.59 Å². The maximum Gasteiger partial charge on any atom is 0.288 e. The van der Waals surface area contributed by atoms with Crippen LogP contribution in [0.1, 0.15) is 5.56 Å². The summed E-state index contributed by atoms with van der Waals surface area (Å²) >= 11 is 11.4. The van der Waals surface area contributed by atoms with Crippen molar-refractivity contribution in [3.63, 3.8) is 0 Å². The second-order valence-corrected chi connectivity index (χ2v) is 6.12. The van der Waals surface area contributed by atoms with Gasteiger partial charge in [-0.15, -0.1) is 0 Å². The Morgan fingerprint density at radius 3 is 2.54 bits per heavy atom. The molecule has 0 atom stereocenters. The third kappa shape index (κ3) is 6.86. The predicted molar refractivity (Wildman–Crippen MR) is 104 cm³/mol. The number of hydrogen-bond donors (Lipinski definition) is 2. The molecular formula is C17H14Cl2N4O5. The fourth-order valence-corrected chi connectivity index (χ4v) is 2.19. The molecule has 0 aliphatic heterocycles. The zero-order chi connectivity index (χ0) is 20.5. The summed E-state index contributed by atoms with van der Waals surface area (Å²) < 4.78 is 5.24. The van der Waals surface area contributed by atoms with Crippen LogP contribution in [0, 0.1) is 10.1 Å². The largest absolute Gasteiger partial charge is 0.484 e. The van der Waals surface area contributed by atoms with Crippen molar-refractivity contribution in [1.29, 1.82) is 0 Å². The van der Waals surface area contributed by atoms with Crippen LogP contribution in [0.3, 0.4) is 0 Å². The topological polar surface area (TPSA) is 123 Å². The number of halogens is 2. The number of hydrogen-bond acceptors (Lipinski definition) is 6. The molecule has 9 nitrogen and oxygen atoms in total. The van der Waals surface area contributed by atoms with E-state index in [1.807, 2.05) is 0 Å². The number of carbonyl (C=O) groups is 2. The number of nitro benzene ring substituents is 1. The second-order valence-electron chi connectivity index (χ2n) is 5.28. The lowest BCUT2D eigenvalue weighted by atomic mass is 10.2. The molecule has 11 heteroatoms. The number of nitrogens with one attached hydrogen (secondary N) is 2. The summed E-state index contributed by atoms with van der Waals surface area (Å²) in [6.07, 6.45) is 1.21.